The molecule has 130 valence electrons. The zero-order chi connectivity index (χ0) is 17.6. The van der Waals surface area contributed by atoms with E-state index < -0.39 is 10.0 Å². The van der Waals surface area contributed by atoms with Gasteiger partial charge in [-0.3, -0.25) is 0 Å². The molecular weight excluding hydrogens is 322 g/mol. The van der Waals surface area contributed by atoms with Crippen LogP contribution in [0, 0.1) is 6.92 Å². The van der Waals surface area contributed by atoms with Crippen LogP contribution in [0.1, 0.15) is 12.0 Å². The Morgan fingerprint density at radius 3 is 2.00 bits per heavy atom. The van der Waals surface area contributed by atoms with E-state index in [1.54, 1.807) is 24.3 Å². The summed E-state index contributed by atoms with van der Waals surface area (Å²) in [6.45, 7) is 3.32. The number of aryl methyl sites for hydroxylation is 1. The fourth-order valence-electron chi connectivity index (χ4n) is 2.21. The number of nitrogens with one attached hydrogen (secondary N) is 2. The highest BCUT2D eigenvalue weighted by Crippen LogP contribution is 2.19. The summed E-state index contributed by atoms with van der Waals surface area (Å²) < 4.78 is 27.1. The third-order valence-electron chi connectivity index (χ3n) is 3.58. The van der Waals surface area contributed by atoms with Gasteiger partial charge in [-0.1, -0.05) is 17.7 Å². The molecule has 2 aromatic rings. The predicted octanol–water partition coefficient (Wildman–Crippen LogP) is 2.97. The van der Waals surface area contributed by atoms with E-state index in [-0.39, 0.29) is 4.90 Å². The van der Waals surface area contributed by atoms with Gasteiger partial charge in [-0.05, 0) is 70.4 Å². The molecule has 0 aliphatic heterocycles. The molecule has 6 heteroatoms. The van der Waals surface area contributed by atoms with Crippen molar-refractivity contribution < 1.29 is 8.42 Å². The zero-order valence-electron chi connectivity index (χ0n) is 14.4. The average Bonchev–Trinajstić information content (AvgIpc) is 2.54. The Hall–Kier alpha value is -1.89. The Balaban J connectivity index is 1.96. The minimum absolute atomic E-state index is 0.279. The standard InChI is InChI=1S/C18H25N3O2S/c1-15-5-7-16(8-6-15)20-17-9-11-18(12-10-17)24(22,23)19-13-4-14-21(2)3/h5-12,19-20H,4,13-14H2,1-3H3. The maximum Gasteiger partial charge on any atom is 0.240 e. The summed E-state index contributed by atoms with van der Waals surface area (Å²) >= 11 is 0. The third kappa shape index (κ3) is 5.63. The van der Waals surface area contributed by atoms with Gasteiger partial charge in [-0.15, -0.1) is 0 Å². The molecule has 2 N–H and O–H groups in total. The van der Waals surface area contributed by atoms with Crippen molar-refractivity contribution in [2.45, 2.75) is 18.2 Å². The van der Waals surface area contributed by atoms with Crippen molar-refractivity contribution in [3.8, 4) is 0 Å². The van der Waals surface area contributed by atoms with Crippen molar-refractivity contribution in [2.24, 2.45) is 0 Å². The first-order valence-electron chi connectivity index (χ1n) is 7.95. The molecule has 0 amide bonds. The maximum absolute atomic E-state index is 12.2. The smallest absolute Gasteiger partial charge is 0.240 e. The Morgan fingerprint density at radius 1 is 0.917 bits per heavy atom. The van der Waals surface area contributed by atoms with Crippen molar-refractivity contribution in [1.82, 2.24) is 9.62 Å². The van der Waals surface area contributed by atoms with Gasteiger partial charge in [0.05, 0.1) is 4.90 Å². The summed E-state index contributed by atoms with van der Waals surface area (Å²) in [5.74, 6) is 0. The third-order valence-corrected chi connectivity index (χ3v) is 5.06. The van der Waals surface area contributed by atoms with Gasteiger partial charge >= 0.3 is 0 Å². The van der Waals surface area contributed by atoms with Crippen molar-refractivity contribution in [3.05, 3.63) is 54.1 Å². The van der Waals surface area contributed by atoms with Gasteiger partial charge in [-0.25, -0.2) is 13.1 Å². The Bertz CT molecular complexity index is 739. The molecule has 0 aliphatic rings. The lowest BCUT2D eigenvalue weighted by molar-refractivity contribution is 0.400. The van der Waals surface area contributed by atoms with Crippen LogP contribution in [-0.2, 0) is 10.0 Å². The lowest BCUT2D eigenvalue weighted by Crippen LogP contribution is -2.27. The van der Waals surface area contributed by atoms with Gasteiger partial charge in [0, 0.05) is 17.9 Å². The van der Waals surface area contributed by atoms with Crippen LogP contribution < -0.4 is 10.0 Å². The van der Waals surface area contributed by atoms with E-state index in [9.17, 15) is 8.42 Å². The monoisotopic (exact) mass is 347 g/mol. The molecule has 0 fully saturated rings. The number of benzene rings is 2. The molecule has 0 aromatic heterocycles. The molecule has 0 bridgehead atoms. The number of anilines is 2. The predicted molar refractivity (Wildman–Crippen MR) is 99.3 cm³/mol. The highest BCUT2D eigenvalue weighted by molar-refractivity contribution is 7.89. The molecule has 0 aliphatic carbocycles. The van der Waals surface area contributed by atoms with E-state index in [0.29, 0.717) is 6.54 Å². The van der Waals surface area contributed by atoms with Gasteiger partial charge in [-0.2, -0.15) is 0 Å². The van der Waals surface area contributed by atoms with Crippen molar-refractivity contribution in [1.29, 1.82) is 0 Å². The normalized spacial score (nSPS) is 11.7. The van der Waals surface area contributed by atoms with Gasteiger partial charge in [0.1, 0.15) is 0 Å². The molecule has 2 aromatic carbocycles. The van der Waals surface area contributed by atoms with Gasteiger partial charge in [0.25, 0.3) is 0 Å². The minimum atomic E-state index is -3.45. The zero-order valence-corrected chi connectivity index (χ0v) is 15.2. The van der Waals surface area contributed by atoms with E-state index in [4.69, 9.17) is 0 Å². The van der Waals surface area contributed by atoms with E-state index in [0.717, 1.165) is 24.3 Å². The Labute approximate surface area is 144 Å². The Morgan fingerprint density at radius 2 is 1.46 bits per heavy atom. The van der Waals surface area contributed by atoms with E-state index in [1.807, 2.05) is 50.2 Å². The van der Waals surface area contributed by atoms with Gasteiger partial charge in [0.15, 0.2) is 0 Å². The molecule has 0 spiro atoms. The van der Waals surface area contributed by atoms with Crippen molar-refractivity contribution in [3.63, 3.8) is 0 Å². The molecule has 0 saturated heterocycles. The number of hydrogen-bond donors (Lipinski definition) is 2. The molecule has 0 radical (unpaired) electrons. The van der Waals surface area contributed by atoms with Crippen LogP contribution >= 0.6 is 0 Å². The van der Waals surface area contributed by atoms with Crippen LogP contribution in [0.25, 0.3) is 0 Å². The first kappa shape index (κ1) is 18.4. The first-order valence-corrected chi connectivity index (χ1v) is 9.43. The maximum atomic E-state index is 12.2. The molecule has 24 heavy (non-hydrogen) atoms. The summed E-state index contributed by atoms with van der Waals surface area (Å²) in [6, 6.07) is 14.8. The van der Waals surface area contributed by atoms with E-state index >= 15 is 0 Å². The van der Waals surface area contributed by atoms with Crippen LogP contribution in [0.2, 0.25) is 0 Å². The van der Waals surface area contributed by atoms with Crippen LogP contribution in [-0.4, -0.2) is 40.5 Å². The second-order valence-electron chi connectivity index (χ2n) is 6.07. The highest BCUT2D eigenvalue weighted by atomic mass is 32.2. The topological polar surface area (TPSA) is 61.4 Å². The number of hydrogen-bond acceptors (Lipinski definition) is 4. The first-order chi connectivity index (χ1) is 11.4. The molecule has 0 heterocycles. The van der Waals surface area contributed by atoms with Gasteiger partial charge < -0.3 is 10.2 Å². The fraction of sp³-hybridized carbons (Fsp3) is 0.333. The van der Waals surface area contributed by atoms with Crippen LogP contribution in [0.4, 0.5) is 11.4 Å². The number of rotatable bonds is 8. The summed E-state index contributed by atoms with van der Waals surface area (Å²) in [7, 11) is 0.483. The highest BCUT2D eigenvalue weighted by Gasteiger charge is 2.12. The Kier molecular flexibility index (Phi) is 6.36. The summed E-state index contributed by atoms with van der Waals surface area (Å²) in [5, 5.41) is 3.25. The molecule has 0 saturated carbocycles. The largest absolute Gasteiger partial charge is 0.356 e. The number of nitrogens with zero attached hydrogens (tertiary/aromatic N) is 1. The lowest BCUT2D eigenvalue weighted by atomic mass is 10.2. The molecular formula is C18H25N3O2S. The molecule has 2 rings (SSSR count). The number of sulfonamides is 1. The molecule has 0 atom stereocenters. The SMILES string of the molecule is Cc1ccc(Nc2ccc(S(=O)(=O)NCCCN(C)C)cc2)cc1. The van der Waals surface area contributed by atoms with Crippen LogP contribution in [0.5, 0.6) is 0 Å². The second kappa shape index (κ2) is 8.28. The quantitative estimate of drug-likeness (QED) is 0.721. The summed E-state index contributed by atoms with van der Waals surface area (Å²) in [5.41, 5.74) is 3.02. The van der Waals surface area contributed by atoms with E-state index in [2.05, 4.69) is 10.0 Å². The van der Waals surface area contributed by atoms with Gasteiger partial charge in [0.2, 0.25) is 10.0 Å². The summed E-state index contributed by atoms with van der Waals surface area (Å²) in [6.07, 6.45) is 0.777. The van der Waals surface area contributed by atoms with Crippen molar-refractivity contribution >= 4 is 21.4 Å². The molecule has 0 unspecified atom stereocenters. The second-order valence-corrected chi connectivity index (χ2v) is 7.84. The lowest BCUT2D eigenvalue weighted by Gasteiger charge is -2.11. The van der Waals surface area contributed by atoms with Crippen molar-refractivity contribution in [2.75, 3.05) is 32.5 Å². The fourth-order valence-corrected chi connectivity index (χ4v) is 3.28. The van der Waals surface area contributed by atoms with Crippen LogP contribution in [0.15, 0.2) is 53.4 Å². The minimum Gasteiger partial charge on any atom is -0.356 e. The van der Waals surface area contributed by atoms with Crippen LogP contribution in [0.3, 0.4) is 0 Å². The van der Waals surface area contributed by atoms with E-state index in [1.165, 1.54) is 5.56 Å². The summed E-state index contributed by atoms with van der Waals surface area (Å²) in [4.78, 5) is 2.31. The average molecular weight is 347 g/mol. The molecule has 5 nitrogen and oxygen atoms in total.